The Morgan fingerprint density at radius 3 is 2.68 bits per heavy atom. The molecule has 1 unspecified atom stereocenters. The van der Waals surface area contributed by atoms with Crippen molar-refractivity contribution in [3.05, 3.63) is 50.2 Å². The molecule has 0 saturated heterocycles. The zero-order valence-electron chi connectivity index (χ0n) is 11.2. The fourth-order valence-electron chi connectivity index (χ4n) is 2.02. The molecule has 102 valence electrons. The second-order valence-electron chi connectivity index (χ2n) is 4.63. The molecule has 0 saturated carbocycles. The van der Waals surface area contributed by atoms with E-state index in [0.29, 0.717) is 6.04 Å². The maximum Gasteiger partial charge on any atom is 0.0739 e. The number of hydrogen-bond acceptors (Lipinski definition) is 2. The second-order valence-corrected chi connectivity index (χ2v) is 6.34. The van der Waals surface area contributed by atoms with Crippen molar-refractivity contribution >= 4 is 31.9 Å². The van der Waals surface area contributed by atoms with E-state index in [1.54, 1.807) is 0 Å². The van der Waals surface area contributed by atoms with Crippen molar-refractivity contribution in [1.82, 2.24) is 15.1 Å². The second kappa shape index (κ2) is 6.20. The van der Waals surface area contributed by atoms with Gasteiger partial charge in [-0.2, -0.15) is 5.10 Å². The molecule has 2 rings (SSSR count). The van der Waals surface area contributed by atoms with Crippen LogP contribution >= 0.6 is 31.9 Å². The lowest BCUT2D eigenvalue weighted by molar-refractivity contribution is 0.547. The topological polar surface area (TPSA) is 29.9 Å². The summed E-state index contributed by atoms with van der Waals surface area (Å²) in [6, 6.07) is 8.66. The lowest BCUT2D eigenvalue weighted by Crippen LogP contribution is -2.20. The highest BCUT2D eigenvalue weighted by molar-refractivity contribution is 9.10. The van der Waals surface area contributed by atoms with Crippen molar-refractivity contribution in [3.8, 4) is 0 Å². The molecule has 0 aliphatic heterocycles. The van der Waals surface area contributed by atoms with Gasteiger partial charge in [0.05, 0.1) is 15.9 Å². The van der Waals surface area contributed by atoms with E-state index in [2.05, 4.69) is 67.4 Å². The van der Waals surface area contributed by atoms with Gasteiger partial charge in [0.1, 0.15) is 0 Å². The van der Waals surface area contributed by atoms with Gasteiger partial charge < -0.3 is 5.32 Å². The molecule has 1 aromatic carbocycles. The number of hydrogen-bond donors (Lipinski definition) is 1. The Bertz CT molecular complexity index is 578. The fraction of sp³-hybridized carbons (Fsp3) is 0.357. The van der Waals surface area contributed by atoms with Crippen molar-refractivity contribution in [2.45, 2.75) is 26.4 Å². The van der Waals surface area contributed by atoms with E-state index >= 15 is 0 Å². The summed E-state index contributed by atoms with van der Waals surface area (Å²) in [4.78, 5) is 0. The Morgan fingerprint density at radius 2 is 2.11 bits per heavy atom. The highest BCUT2D eigenvalue weighted by Gasteiger charge is 2.12. The molecule has 5 heteroatoms. The summed E-state index contributed by atoms with van der Waals surface area (Å²) in [6.45, 7) is 4.95. The molecule has 1 N–H and O–H groups in total. The predicted octanol–water partition coefficient (Wildman–Crippen LogP) is 4.10. The van der Waals surface area contributed by atoms with Gasteiger partial charge in [-0.3, -0.25) is 4.68 Å². The molecule has 1 heterocycles. The maximum atomic E-state index is 4.40. The zero-order chi connectivity index (χ0) is 14.0. The van der Waals surface area contributed by atoms with Crippen LogP contribution in [0, 0.1) is 6.92 Å². The van der Waals surface area contributed by atoms with E-state index in [4.69, 9.17) is 0 Å². The first kappa shape index (κ1) is 14.8. The number of rotatable bonds is 4. The van der Waals surface area contributed by atoms with Crippen LogP contribution in [-0.4, -0.2) is 9.78 Å². The molecule has 1 aromatic heterocycles. The van der Waals surface area contributed by atoms with Gasteiger partial charge in [0.25, 0.3) is 0 Å². The van der Waals surface area contributed by atoms with E-state index in [0.717, 1.165) is 21.2 Å². The average molecular weight is 387 g/mol. The van der Waals surface area contributed by atoms with Gasteiger partial charge in [-0.1, -0.05) is 28.1 Å². The molecular formula is C14H17Br2N3. The van der Waals surface area contributed by atoms with Crippen LogP contribution in [0.1, 0.15) is 29.9 Å². The minimum absolute atomic E-state index is 0.291. The summed E-state index contributed by atoms with van der Waals surface area (Å²) >= 11 is 7.09. The van der Waals surface area contributed by atoms with Crippen molar-refractivity contribution in [3.63, 3.8) is 0 Å². The lowest BCUT2D eigenvalue weighted by Gasteiger charge is -2.15. The largest absolute Gasteiger partial charge is 0.305 e. The Hall–Kier alpha value is -0.650. The van der Waals surface area contributed by atoms with E-state index in [1.807, 2.05) is 24.7 Å². The van der Waals surface area contributed by atoms with Crippen LogP contribution in [0.2, 0.25) is 0 Å². The fourth-order valence-corrected chi connectivity index (χ4v) is 2.91. The third kappa shape index (κ3) is 3.46. The van der Waals surface area contributed by atoms with Gasteiger partial charge in [0.15, 0.2) is 0 Å². The summed E-state index contributed by atoms with van der Waals surface area (Å²) < 4.78 is 4.11. The standard InChI is InChI=1S/C14H17Br2N3/c1-9(11-5-4-6-12(15)7-11)17-8-13-14(16)10(2)18-19(13)3/h4-7,9,17H,8H2,1-3H3. The summed E-state index contributed by atoms with van der Waals surface area (Å²) in [5.74, 6) is 0. The SMILES string of the molecule is Cc1nn(C)c(CNC(C)c2cccc(Br)c2)c1Br. The molecule has 0 bridgehead atoms. The molecule has 2 aromatic rings. The smallest absolute Gasteiger partial charge is 0.0739 e. The average Bonchev–Trinajstić information content (AvgIpc) is 2.61. The number of benzene rings is 1. The van der Waals surface area contributed by atoms with Gasteiger partial charge in [-0.25, -0.2) is 0 Å². The number of halogens is 2. The van der Waals surface area contributed by atoms with Crippen LogP contribution < -0.4 is 5.32 Å². The molecule has 3 nitrogen and oxygen atoms in total. The van der Waals surface area contributed by atoms with Crippen molar-refractivity contribution in [1.29, 1.82) is 0 Å². The first-order chi connectivity index (χ1) is 8.99. The molecule has 0 spiro atoms. The highest BCUT2D eigenvalue weighted by Crippen LogP contribution is 2.22. The minimum Gasteiger partial charge on any atom is -0.305 e. The number of aromatic nitrogens is 2. The molecule has 0 aliphatic carbocycles. The van der Waals surface area contributed by atoms with Crippen LogP contribution in [-0.2, 0) is 13.6 Å². The normalized spacial score (nSPS) is 12.7. The summed E-state index contributed by atoms with van der Waals surface area (Å²) in [6.07, 6.45) is 0. The molecule has 0 fully saturated rings. The van der Waals surface area contributed by atoms with Crippen molar-refractivity contribution in [2.75, 3.05) is 0 Å². The molecular weight excluding hydrogens is 370 g/mol. The van der Waals surface area contributed by atoms with Gasteiger partial charge >= 0.3 is 0 Å². The van der Waals surface area contributed by atoms with E-state index < -0.39 is 0 Å². The van der Waals surface area contributed by atoms with Crippen molar-refractivity contribution < 1.29 is 0 Å². The number of nitrogens with one attached hydrogen (secondary N) is 1. The third-order valence-electron chi connectivity index (χ3n) is 3.19. The maximum absolute atomic E-state index is 4.40. The first-order valence-corrected chi connectivity index (χ1v) is 7.74. The van der Waals surface area contributed by atoms with Crippen LogP contribution in [0.5, 0.6) is 0 Å². The molecule has 0 amide bonds. The molecule has 1 atom stereocenters. The van der Waals surface area contributed by atoms with Gasteiger partial charge in [-0.05, 0) is 47.5 Å². The highest BCUT2D eigenvalue weighted by atomic mass is 79.9. The van der Waals surface area contributed by atoms with Gasteiger partial charge in [0.2, 0.25) is 0 Å². The molecule has 0 aliphatic rings. The Morgan fingerprint density at radius 1 is 1.37 bits per heavy atom. The van der Waals surface area contributed by atoms with Gasteiger partial charge in [0, 0.05) is 24.1 Å². The van der Waals surface area contributed by atoms with E-state index in [9.17, 15) is 0 Å². The third-order valence-corrected chi connectivity index (χ3v) is 4.71. The summed E-state index contributed by atoms with van der Waals surface area (Å²) in [7, 11) is 1.97. The summed E-state index contributed by atoms with van der Waals surface area (Å²) in [5, 5.41) is 7.92. The lowest BCUT2D eigenvalue weighted by atomic mass is 10.1. The Kier molecular flexibility index (Phi) is 4.81. The quantitative estimate of drug-likeness (QED) is 0.856. The minimum atomic E-state index is 0.291. The van der Waals surface area contributed by atoms with Crippen LogP contribution in [0.4, 0.5) is 0 Å². The van der Waals surface area contributed by atoms with Crippen LogP contribution in [0.15, 0.2) is 33.2 Å². The van der Waals surface area contributed by atoms with Crippen molar-refractivity contribution in [2.24, 2.45) is 7.05 Å². The predicted molar refractivity (Wildman–Crippen MR) is 85.0 cm³/mol. The van der Waals surface area contributed by atoms with Gasteiger partial charge in [-0.15, -0.1) is 0 Å². The Labute approximate surface area is 130 Å². The zero-order valence-corrected chi connectivity index (χ0v) is 14.4. The monoisotopic (exact) mass is 385 g/mol. The van der Waals surface area contributed by atoms with E-state index in [-0.39, 0.29) is 0 Å². The van der Waals surface area contributed by atoms with Crippen LogP contribution in [0.25, 0.3) is 0 Å². The summed E-state index contributed by atoms with van der Waals surface area (Å²) in [5.41, 5.74) is 3.46. The van der Waals surface area contributed by atoms with E-state index in [1.165, 1.54) is 11.3 Å². The number of aryl methyl sites for hydroxylation is 2. The van der Waals surface area contributed by atoms with Crippen LogP contribution in [0.3, 0.4) is 0 Å². The molecule has 19 heavy (non-hydrogen) atoms. The number of nitrogens with zero attached hydrogens (tertiary/aromatic N) is 2. The molecule has 0 radical (unpaired) electrons. The first-order valence-electron chi connectivity index (χ1n) is 6.16. The Balaban J connectivity index is 2.06.